The molecule has 3 nitrogen and oxygen atoms in total. The SMILES string of the molecule is CCCN1CCCC(Nc2cccnc2)CC1. The lowest BCUT2D eigenvalue weighted by Crippen LogP contribution is -2.27. The number of anilines is 1. The summed E-state index contributed by atoms with van der Waals surface area (Å²) in [4.78, 5) is 6.73. The van der Waals surface area contributed by atoms with Gasteiger partial charge in [0.1, 0.15) is 0 Å². The standard InChI is InChI=1S/C14H23N3/c1-2-9-17-10-4-6-13(7-11-17)16-14-5-3-8-15-12-14/h3,5,8,12-13,16H,2,4,6-7,9-11H2,1H3. The maximum absolute atomic E-state index is 4.15. The molecule has 1 N–H and O–H groups in total. The molecule has 1 saturated heterocycles. The third-order valence-electron chi connectivity index (χ3n) is 3.39. The molecule has 1 aliphatic heterocycles. The van der Waals surface area contributed by atoms with Crippen molar-refractivity contribution in [3.05, 3.63) is 24.5 Å². The van der Waals surface area contributed by atoms with E-state index in [9.17, 15) is 0 Å². The third-order valence-corrected chi connectivity index (χ3v) is 3.39. The van der Waals surface area contributed by atoms with Crippen LogP contribution in [0, 0.1) is 0 Å². The van der Waals surface area contributed by atoms with Gasteiger partial charge in [-0.05, 0) is 50.9 Å². The summed E-state index contributed by atoms with van der Waals surface area (Å²) >= 11 is 0. The first-order valence-corrected chi connectivity index (χ1v) is 6.77. The minimum absolute atomic E-state index is 0.612. The lowest BCUT2D eigenvalue weighted by molar-refractivity contribution is 0.285. The van der Waals surface area contributed by atoms with Crippen molar-refractivity contribution < 1.29 is 0 Å². The Hall–Kier alpha value is -1.09. The molecule has 2 rings (SSSR count). The van der Waals surface area contributed by atoms with Gasteiger partial charge >= 0.3 is 0 Å². The van der Waals surface area contributed by atoms with Gasteiger partial charge < -0.3 is 10.2 Å². The van der Waals surface area contributed by atoms with Crippen molar-refractivity contribution in [3.8, 4) is 0 Å². The molecule has 1 aromatic heterocycles. The molecule has 0 spiro atoms. The van der Waals surface area contributed by atoms with Gasteiger partial charge in [-0.15, -0.1) is 0 Å². The largest absolute Gasteiger partial charge is 0.381 e. The van der Waals surface area contributed by atoms with Crippen molar-refractivity contribution in [1.29, 1.82) is 0 Å². The fourth-order valence-electron chi connectivity index (χ4n) is 2.52. The van der Waals surface area contributed by atoms with E-state index in [-0.39, 0.29) is 0 Å². The van der Waals surface area contributed by atoms with Crippen LogP contribution in [0.15, 0.2) is 24.5 Å². The van der Waals surface area contributed by atoms with E-state index in [1.807, 2.05) is 18.5 Å². The van der Waals surface area contributed by atoms with E-state index in [2.05, 4.69) is 28.2 Å². The summed E-state index contributed by atoms with van der Waals surface area (Å²) in [6.07, 6.45) is 8.82. The fraction of sp³-hybridized carbons (Fsp3) is 0.643. The van der Waals surface area contributed by atoms with E-state index < -0.39 is 0 Å². The maximum atomic E-state index is 4.15. The number of likely N-dealkylation sites (tertiary alicyclic amines) is 1. The minimum atomic E-state index is 0.612. The molecular weight excluding hydrogens is 210 g/mol. The maximum Gasteiger partial charge on any atom is 0.0528 e. The van der Waals surface area contributed by atoms with Crippen molar-refractivity contribution in [2.75, 3.05) is 25.0 Å². The van der Waals surface area contributed by atoms with E-state index in [0.29, 0.717) is 6.04 Å². The fourth-order valence-corrected chi connectivity index (χ4v) is 2.52. The van der Waals surface area contributed by atoms with Gasteiger partial charge in [0.15, 0.2) is 0 Å². The first kappa shape index (κ1) is 12.4. The van der Waals surface area contributed by atoms with Gasteiger partial charge in [-0.1, -0.05) is 6.92 Å². The first-order valence-electron chi connectivity index (χ1n) is 6.77. The van der Waals surface area contributed by atoms with Crippen LogP contribution in [0.25, 0.3) is 0 Å². The monoisotopic (exact) mass is 233 g/mol. The highest BCUT2D eigenvalue weighted by Gasteiger charge is 2.15. The highest BCUT2D eigenvalue weighted by Crippen LogP contribution is 2.16. The molecule has 0 aromatic carbocycles. The molecule has 17 heavy (non-hydrogen) atoms. The van der Waals surface area contributed by atoms with Crippen molar-refractivity contribution in [2.24, 2.45) is 0 Å². The lowest BCUT2D eigenvalue weighted by Gasteiger charge is -2.19. The Bertz CT molecular complexity index is 313. The minimum Gasteiger partial charge on any atom is -0.381 e. The summed E-state index contributed by atoms with van der Waals surface area (Å²) in [5, 5.41) is 3.59. The van der Waals surface area contributed by atoms with E-state index >= 15 is 0 Å². The molecule has 1 unspecified atom stereocenters. The molecule has 0 saturated carbocycles. The van der Waals surface area contributed by atoms with Gasteiger partial charge in [-0.25, -0.2) is 0 Å². The van der Waals surface area contributed by atoms with Crippen LogP contribution >= 0.6 is 0 Å². The third kappa shape index (κ3) is 4.00. The number of nitrogens with one attached hydrogen (secondary N) is 1. The van der Waals surface area contributed by atoms with E-state index in [4.69, 9.17) is 0 Å². The molecule has 2 heterocycles. The van der Waals surface area contributed by atoms with Crippen molar-refractivity contribution in [3.63, 3.8) is 0 Å². The highest BCUT2D eigenvalue weighted by atomic mass is 15.1. The second-order valence-electron chi connectivity index (χ2n) is 4.86. The van der Waals surface area contributed by atoms with Crippen LogP contribution in [0.1, 0.15) is 32.6 Å². The van der Waals surface area contributed by atoms with Gasteiger partial charge in [0.05, 0.1) is 5.69 Å². The predicted octanol–water partition coefficient (Wildman–Crippen LogP) is 2.76. The quantitative estimate of drug-likeness (QED) is 0.866. The normalized spacial score (nSPS) is 22.1. The zero-order valence-electron chi connectivity index (χ0n) is 10.7. The van der Waals surface area contributed by atoms with E-state index in [1.54, 1.807) is 0 Å². The average molecular weight is 233 g/mol. The van der Waals surface area contributed by atoms with Crippen molar-refractivity contribution in [1.82, 2.24) is 9.88 Å². The Labute approximate surface area is 104 Å². The zero-order valence-corrected chi connectivity index (χ0v) is 10.7. The number of nitrogens with zero attached hydrogens (tertiary/aromatic N) is 2. The molecule has 0 amide bonds. The highest BCUT2D eigenvalue weighted by molar-refractivity contribution is 5.40. The number of aromatic nitrogens is 1. The Kier molecular flexibility index (Phi) is 4.80. The zero-order chi connectivity index (χ0) is 11.9. The average Bonchev–Trinajstić information content (AvgIpc) is 2.57. The van der Waals surface area contributed by atoms with Gasteiger partial charge in [0, 0.05) is 25.0 Å². The molecule has 3 heteroatoms. The molecule has 0 radical (unpaired) electrons. The van der Waals surface area contributed by atoms with E-state index in [0.717, 1.165) is 5.69 Å². The predicted molar refractivity (Wildman–Crippen MR) is 72.2 cm³/mol. The number of pyridine rings is 1. The Morgan fingerprint density at radius 1 is 1.41 bits per heavy atom. The second-order valence-corrected chi connectivity index (χ2v) is 4.86. The molecule has 0 aliphatic carbocycles. The van der Waals surface area contributed by atoms with Crippen LogP contribution in [0.2, 0.25) is 0 Å². The topological polar surface area (TPSA) is 28.2 Å². The molecule has 1 aliphatic rings. The lowest BCUT2D eigenvalue weighted by atomic mass is 10.1. The van der Waals surface area contributed by atoms with Crippen LogP contribution in [0.4, 0.5) is 5.69 Å². The number of hydrogen-bond acceptors (Lipinski definition) is 3. The van der Waals surface area contributed by atoms with Gasteiger partial charge in [0.2, 0.25) is 0 Å². The molecule has 1 atom stereocenters. The summed E-state index contributed by atoms with van der Waals surface area (Å²) in [7, 11) is 0. The first-order chi connectivity index (χ1) is 8.38. The van der Waals surface area contributed by atoms with Crippen LogP contribution in [-0.2, 0) is 0 Å². The molecule has 1 aromatic rings. The Morgan fingerprint density at radius 2 is 2.35 bits per heavy atom. The van der Waals surface area contributed by atoms with Gasteiger partial charge in [-0.2, -0.15) is 0 Å². The Balaban J connectivity index is 1.83. The van der Waals surface area contributed by atoms with Crippen molar-refractivity contribution >= 4 is 5.69 Å². The summed E-state index contributed by atoms with van der Waals surface area (Å²) in [5.41, 5.74) is 1.15. The van der Waals surface area contributed by atoms with Crippen LogP contribution in [0.5, 0.6) is 0 Å². The van der Waals surface area contributed by atoms with Crippen LogP contribution < -0.4 is 5.32 Å². The molecule has 1 fully saturated rings. The summed E-state index contributed by atoms with van der Waals surface area (Å²) < 4.78 is 0. The summed E-state index contributed by atoms with van der Waals surface area (Å²) in [5.74, 6) is 0. The molecular formula is C14H23N3. The van der Waals surface area contributed by atoms with Gasteiger partial charge in [-0.3, -0.25) is 4.98 Å². The second kappa shape index (κ2) is 6.60. The Morgan fingerprint density at radius 3 is 3.12 bits per heavy atom. The van der Waals surface area contributed by atoms with E-state index in [1.165, 1.54) is 45.3 Å². The van der Waals surface area contributed by atoms with Gasteiger partial charge in [0.25, 0.3) is 0 Å². The van der Waals surface area contributed by atoms with Crippen LogP contribution in [0.3, 0.4) is 0 Å². The summed E-state index contributed by atoms with van der Waals surface area (Å²) in [6, 6.07) is 4.70. The number of rotatable bonds is 4. The molecule has 94 valence electrons. The molecule has 0 bridgehead atoms. The smallest absolute Gasteiger partial charge is 0.0528 e. The van der Waals surface area contributed by atoms with Crippen molar-refractivity contribution in [2.45, 2.75) is 38.6 Å². The summed E-state index contributed by atoms with van der Waals surface area (Å²) in [6.45, 7) is 6.00. The van der Waals surface area contributed by atoms with Crippen LogP contribution in [-0.4, -0.2) is 35.6 Å². The number of hydrogen-bond donors (Lipinski definition) is 1.